The molecule has 0 saturated heterocycles. The Hall–Kier alpha value is -0.570. The number of carbonyl (C=O) groups is 1. The maximum atomic E-state index is 12.4. The van der Waals surface area contributed by atoms with Crippen molar-refractivity contribution in [1.82, 2.24) is 0 Å². The SMILES string of the molecule is CCC1CCCC(OC(=O)C2C3CCC(C3)C2N)C1. The number of fused-ring (bicyclic) bond motifs is 2. The zero-order valence-electron chi connectivity index (χ0n) is 12.0. The van der Waals surface area contributed by atoms with Crippen LogP contribution in [0.15, 0.2) is 0 Å². The van der Waals surface area contributed by atoms with Crippen LogP contribution in [0.25, 0.3) is 0 Å². The van der Waals surface area contributed by atoms with Gasteiger partial charge in [-0.1, -0.05) is 19.8 Å². The molecule has 0 radical (unpaired) electrons. The van der Waals surface area contributed by atoms with E-state index in [2.05, 4.69) is 6.92 Å². The van der Waals surface area contributed by atoms with Gasteiger partial charge in [0.25, 0.3) is 0 Å². The van der Waals surface area contributed by atoms with E-state index in [-0.39, 0.29) is 24.0 Å². The third-order valence-electron chi connectivity index (χ3n) is 5.85. The Kier molecular flexibility index (Phi) is 3.84. The van der Waals surface area contributed by atoms with Gasteiger partial charge in [0, 0.05) is 6.04 Å². The Labute approximate surface area is 116 Å². The summed E-state index contributed by atoms with van der Waals surface area (Å²) in [6.07, 6.45) is 9.56. The zero-order valence-corrected chi connectivity index (χ0v) is 12.0. The van der Waals surface area contributed by atoms with Crippen LogP contribution in [-0.4, -0.2) is 18.1 Å². The summed E-state index contributed by atoms with van der Waals surface area (Å²) in [4.78, 5) is 12.4. The van der Waals surface area contributed by atoms with Crippen LogP contribution in [0, 0.1) is 23.7 Å². The highest BCUT2D eigenvalue weighted by atomic mass is 16.5. The van der Waals surface area contributed by atoms with Crippen LogP contribution >= 0.6 is 0 Å². The van der Waals surface area contributed by atoms with Crippen molar-refractivity contribution < 1.29 is 9.53 Å². The highest BCUT2D eigenvalue weighted by Crippen LogP contribution is 2.48. The maximum absolute atomic E-state index is 12.4. The summed E-state index contributed by atoms with van der Waals surface area (Å²) in [6.45, 7) is 2.24. The first-order valence-electron chi connectivity index (χ1n) is 8.15. The topological polar surface area (TPSA) is 52.3 Å². The van der Waals surface area contributed by atoms with Crippen molar-refractivity contribution in [2.45, 2.75) is 70.4 Å². The van der Waals surface area contributed by atoms with Crippen molar-refractivity contribution in [3.8, 4) is 0 Å². The molecule has 0 heterocycles. The van der Waals surface area contributed by atoms with Gasteiger partial charge in [0.1, 0.15) is 6.10 Å². The Balaban J connectivity index is 1.56. The van der Waals surface area contributed by atoms with Gasteiger partial charge in [-0.15, -0.1) is 0 Å². The third-order valence-corrected chi connectivity index (χ3v) is 5.85. The molecular formula is C16H27NO2. The van der Waals surface area contributed by atoms with Gasteiger partial charge < -0.3 is 10.5 Å². The molecule has 6 atom stereocenters. The van der Waals surface area contributed by atoms with Gasteiger partial charge in [-0.3, -0.25) is 4.79 Å². The first-order chi connectivity index (χ1) is 9.19. The molecule has 0 amide bonds. The molecule has 19 heavy (non-hydrogen) atoms. The van der Waals surface area contributed by atoms with Crippen LogP contribution in [0.5, 0.6) is 0 Å². The number of nitrogens with two attached hydrogens (primary N) is 1. The molecule has 2 N–H and O–H groups in total. The summed E-state index contributed by atoms with van der Waals surface area (Å²) < 4.78 is 5.81. The van der Waals surface area contributed by atoms with E-state index in [0.717, 1.165) is 25.2 Å². The van der Waals surface area contributed by atoms with Crippen molar-refractivity contribution in [3.63, 3.8) is 0 Å². The van der Waals surface area contributed by atoms with Crippen molar-refractivity contribution >= 4 is 5.97 Å². The number of esters is 1. The van der Waals surface area contributed by atoms with E-state index in [9.17, 15) is 4.79 Å². The molecule has 0 aromatic heterocycles. The fourth-order valence-corrected chi connectivity index (χ4v) is 4.65. The minimum atomic E-state index is 0.000697. The van der Waals surface area contributed by atoms with Gasteiger partial charge >= 0.3 is 5.97 Å². The molecule has 3 heteroatoms. The first kappa shape index (κ1) is 13.4. The summed E-state index contributed by atoms with van der Waals surface area (Å²) in [5.41, 5.74) is 6.22. The van der Waals surface area contributed by atoms with E-state index in [4.69, 9.17) is 10.5 Å². The van der Waals surface area contributed by atoms with Gasteiger partial charge in [0.05, 0.1) is 5.92 Å². The molecule has 0 aromatic rings. The molecule has 3 saturated carbocycles. The molecule has 3 fully saturated rings. The highest BCUT2D eigenvalue weighted by Gasteiger charge is 2.50. The molecule has 0 spiro atoms. The molecule has 3 aliphatic carbocycles. The third kappa shape index (κ3) is 2.54. The first-order valence-corrected chi connectivity index (χ1v) is 8.15. The molecule has 108 valence electrons. The predicted octanol–water partition coefficient (Wildman–Crippen LogP) is 2.87. The van der Waals surface area contributed by atoms with Crippen LogP contribution in [0.4, 0.5) is 0 Å². The maximum Gasteiger partial charge on any atom is 0.311 e. The van der Waals surface area contributed by atoms with Crippen molar-refractivity contribution in [1.29, 1.82) is 0 Å². The van der Waals surface area contributed by atoms with Crippen molar-refractivity contribution in [2.24, 2.45) is 29.4 Å². The zero-order chi connectivity index (χ0) is 13.4. The smallest absolute Gasteiger partial charge is 0.311 e. The number of hydrogen-bond donors (Lipinski definition) is 1. The second-order valence-electron chi connectivity index (χ2n) is 6.94. The Bertz CT molecular complexity index is 342. The van der Waals surface area contributed by atoms with Gasteiger partial charge in [-0.05, 0) is 56.3 Å². The largest absolute Gasteiger partial charge is 0.462 e. The van der Waals surface area contributed by atoms with Crippen LogP contribution < -0.4 is 5.73 Å². The van der Waals surface area contributed by atoms with E-state index in [0.29, 0.717) is 11.8 Å². The minimum Gasteiger partial charge on any atom is -0.462 e. The highest BCUT2D eigenvalue weighted by molar-refractivity contribution is 5.74. The van der Waals surface area contributed by atoms with E-state index in [1.165, 1.54) is 32.1 Å². The van der Waals surface area contributed by atoms with E-state index in [1.807, 2.05) is 0 Å². The predicted molar refractivity (Wildman–Crippen MR) is 74.4 cm³/mol. The summed E-state index contributed by atoms with van der Waals surface area (Å²) in [5.74, 6) is 1.86. The number of ether oxygens (including phenoxy) is 1. The van der Waals surface area contributed by atoms with Crippen molar-refractivity contribution in [2.75, 3.05) is 0 Å². The Morgan fingerprint density at radius 2 is 1.95 bits per heavy atom. The molecular weight excluding hydrogens is 238 g/mol. The molecule has 6 unspecified atom stereocenters. The molecule has 3 rings (SSSR count). The van der Waals surface area contributed by atoms with Crippen LogP contribution in [0.2, 0.25) is 0 Å². The standard InChI is InChI=1S/C16H27NO2/c1-2-10-4-3-5-13(8-10)19-16(18)14-11-6-7-12(9-11)15(14)17/h10-15H,2-9,17H2,1H3. The monoisotopic (exact) mass is 265 g/mol. The number of rotatable bonds is 3. The molecule has 0 aliphatic heterocycles. The lowest BCUT2D eigenvalue weighted by molar-refractivity contribution is -0.158. The summed E-state index contributed by atoms with van der Waals surface area (Å²) in [6, 6.07) is 0.0665. The normalized spacial score (nSPS) is 45.4. The van der Waals surface area contributed by atoms with Gasteiger partial charge in [0.2, 0.25) is 0 Å². The second kappa shape index (κ2) is 5.43. The molecule has 0 aromatic carbocycles. The minimum absolute atomic E-state index is 0.000697. The van der Waals surface area contributed by atoms with E-state index in [1.54, 1.807) is 0 Å². The summed E-state index contributed by atoms with van der Waals surface area (Å²) in [7, 11) is 0. The van der Waals surface area contributed by atoms with Crippen LogP contribution in [0.1, 0.15) is 58.3 Å². The number of carbonyl (C=O) groups excluding carboxylic acids is 1. The molecule has 3 aliphatic rings. The van der Waals surface area contributed by atoms with E-state index < -0.39 is 0 Å². The van der Waals surface area contributed by atoms with Crippen LogP contribution in [-0.2, 0) is 9.53 Å². The quantitative estimate of drug-likeness (QED) is 0.798. The average molecular weight is 265 g/mol. The molecule has 2 bridgehead atoms. The average Bonchev–Trinajstić information content (AvgIpc) is 2.99. The summed E-state index contributed by atoms with van der Waals surface area (Å²) in [5, 5.41) is 0. The number of hydrogen-bond acceptors (Lipinski definition) is 3. The lowest BCUT2D eigenvalue weighted by Crippen LogP contribution is -2.42. The Morgan fingerprint density at radius 1 is 1.16 bits per heavy atom. The van der Waals surface area contributed by atoms with Crippen molar-refractivity contribution in [3.05, 3.63) is 0 Å². The van der Waals surface area contributed by atoms with Gasteiger partial charge in [0.15, 0.2) is 0 Å². The van der Waals surface area contributed by atoms with Crippen LogP contribution in [0.3, 0.4) is 0 Å². The lowest BCUT2D eigenvalue weighted by Gasteiger charge is -2.32. The van der Waals surface area contributed by atoms with Gasteiger partial charge in [-0.2, -0.15) is 0 Å². The fraction of sp³-hybridized carbons (Fsp3) is 0.938. The summed E-state index contributed by atoms with van der Waals surface area (Å²) >= 11 is 0. The lowest BCUT2D eigenvalue weighted by atomic mass is 9.84. The fourth-order valence-electron chi connectivity index (χ4n) is 4.65. The molecule has 3 nitrogen and oxygen atoms in total. The van der Waals surface area contributed by atoms with E-state index >= 15 is 0 Å². The van der Waals surface area contributed by atoms with Gasteiger partial charge in [-0.25, -0.2) is 0 Å². The Morgan fingerprint density at radius 3 is 2.63 bits per heavy atom. The second-order valence-corrected chi connectivity index (χ2v) is 6.94.